The Labute approximate surface area is 149 Å². The molecule has 1 aromatic carbocycles. The Hall–Kier alpha value is -0.680. The average Bonchev–Trinajstić information content (AvgIpc) is 2.73. The summed E-state index contributed by atoms with van der Waals surface area (Å²) < 4.78 is 4.08. The number of nitrogens with one attached hydrogen (secondary N) is 1. The third-order valence-corrected chi connectivity index (χ3v) is 4.11. The maximum absolute atomic E-state index is 8.49. The van der Waals surface area contributed by atoms with Gasteiger partial charge in [-0.15, -0.1) is 36.4 Å². The van der Waals surface area contributed by atoms with Crippen molar-refractivity contribution in [3.63, 3.8) is 0 Å². The minimum absolute atomic E-state index is 0. The van der Waals surface area contributed by atoms with Gasteiger partial charge in [-0.05, 0) is 32.1 Å². The van der Waals surface area contributed by atoms with Crippen LogP contribution in [0.5, 0.6) is 0 Å². The molecule has 1 atom stereocenters. The van der Waals surface area contributed by atoms with Gasteiger partial charge in [0.2, 0.25) is 5.62 Å². The van der Waals surface area contributed by atoms with Gasteiger partial charge in [0.25, 0.3) is 0 Å². The van der Waals surface area contributed by atoms with E-state index in [-0.39, 0.29) is 31.0 Å². The Kier molecular flexibility index (Phi) is 9.16. The summed E-state index contributed by atoms with van der Waals surface area (Å²) in [6, 6.07) is 8.18. The van der Waals surface area contributed by atoms with E-state index in [1.807, 2.05) is 16.7 Å². The van der Waals surface area contributed by atoms with E-state index in [9.17, 15) is 0 Å². The maximum atomic E-state index is 8.49. The molecule has 2 rings (SSSR count). The number of hydrogen-bond donors (Lipinski definition) is 1. The van der Waals surface area contributed by atoms with Crippen molar-refractivity contribution < 1.29 is 0 Å². The Balaban J connectivity index is 0.00000220. The highest BCUT2D eigenvalue weighted by molar-refractivity contribution is 6.17. The highest BCUT2D eigenvalue weighted by atomic mass is 35.5. The van der Waals surface area contributed by atoms with E-state index < -0.39 is 0 Å². The van der Waals surface area contributed by atoms with E-state index in [4.69, 9.17) is 17.0 Å². The molecule has 1 unspecified atom stereocenters. The van der Waals surface area contributed by atoms with E-state index >= 15 is 0 Å². The van der Waals surface area contributed by atoms with E-state index in [0.29, 0.717) is 18.0 Å². The molecule has 4 nitrogen and oxygen atoms in total. The second kappa shape index (κ2) is 9.46. The lowest BCUT2D eigenvalue weighted by molar-refractivity contribution is 0.170. The van der Waals surface area contributed by atoms with Gasteiger partial charge >= 0.3 is 0 Å². The minimum Gasteiger partial charge on any atom is -0.309 e. The van der Waals surface area contributed by atoms with Crippen LogP contribution in [0.4, 0.5) is 0 Å². The number of halogens is 3. The van der Waals surface area contributed by atoms with Crippen LogP contribution >= 0.6 is 36.4 Å². The summed E-state index contributed by atoms with van der Waals surface area (Å²) in [5.74, 6) is 0.518. The highest BCUT2D eigenvalue weighted by Gasteiger charge is 2.18. The normalized spacial score (nSPS) is 12.0. The first-order valence-electron chi connectivity index (χ1n) is 7.20. The molecule has 1 N–H and O–H groups in total. The van der Waals surface area contributed by atoms with Crippen LogP contribution in [0.1, 0.15) is 26.9 Å². The van der Waals surface area contributed by atoms with E-state index in [1.165, 1.54) is 0 Å². The lowest BCUT2D eigenvalue weighted by Gasteiger charge is -2.27. The zero-order chi connectivity index (χ0) is 14.7. The van der Waals surface area contributed by atoms with Crippen molar-refractivity contribution in [3.05, 3.63) is 29.9 Å². The smallest absolute Gasteiger partial charge is 0.204 e. The molecular formula is C15H25Cl3N4. The SMILES string of the molecule is CCN(CC)C(C)n1c(=N)n(CCCl)c2ccccc21.Cl.Cl. The fourth-order valence-electron chi connectivity index (χ4n) is 2.86. The molecule has 126 valence electrons. The van der Waals surface area contributed by atoms with Crippen LogP contribution in [0.15, 0.2) is 24.3 Å². The molecule has 0 aliphatic rings. The maximum Gasteiger partial charge on any atom is 0.204 e. The second-order valence-electron chi connectivity index (χ2n) is 4.88. The van der Waals surface area contributed by atoms with Gasteiger partial charge in [0, 0.05) is 12.4 Å². The summed E-state index contributed by atoms with van der Waals surface area (Å²) >= 11 is 5.89. The first-order chi connectivity index (χ1) is 9.65. The molecule has 0 aliphatic heterocycles. The number of alkyl halides is 1. The van der Waals surface area contributed by atoms with Crippen molar-refractivity contribution in [2.75, 3.05) is 19.0 Å². The number of aromatic nitrogens is 2. The average molecular weight is 368 g/mol. The highest BCUT2D eigenvalue weighted by Crippen LogP contribution is 2.19. The summed E-state index contributed by atoms with van der Waals surface area (Å²) in [5, 5.41) is 8.49. The molecule has 0 bridgehead atoms. The van der Waals surface area contributed by atoms with Gasteiger partial charge in [-0.3, -0.25) is 14.9 Å². The van der Waals surface area contributed by atoms with Gasteiger partial charge in [0.1, 0.15) is 0 Å². The van der Waals surface area contributed by atoms with Crippen molar-refractivity contribution >= 4 is 47.4 Å². The molecule has 7 heteroatoms. The Bertz CT molecular complexity index is 631. The predicted octanol–water partition coefficient (Wildman–Crippen LogP) is 3.86. The van der Waals surface area contributed by atoms with Crippen molar-refractivity contribution in [1.82, 2.24) is 14.0 Å². The van der Waals surface area contributed by atoms with E-state index in [1.54, 1.807) is 0 Å². The molecule has 0 aliphatic carbocycles. The van der Waals surface area contributed by atoms with E-state index in [2.05, 4.69) is 42.4 Å². The number of benzene rings is 1. The molecule has 1 heterocycles. The fraction of sp³-hybridized carbons (Fsp3) is 0.533. The van der Waals surface area contributed by atoms with Crippen LogP contribution in [-0.4, -0.2) is 33.0 Å². The number of imidazole rings is 1. The lowest BCUT2D eigenvalue weighted by atomic mass is 10.3. The van der Waals surface area contributed by atoms with E-state index in [0.717, 1.165) is 24.1 Å². The van der Waals surface area contributed by atoms with Gasteiger partial charge in [0.05, 0.1) is 17.2 Å². The monoisotopic (exact) mass is 366 g/mol. The first-order valence-corrected chi connectivity index (χ1v) is 7.73. The number of rotatable bonds is 6. The first kappa shape index (κ1) is 21.3. The molecular weight excluding hydrogens is 343 g/mol. The molecule has 0 spiro atoms. The standard InChI is InChI=1S/C15H23ClN4.2ClH/c1-4-18(5-2)12(3)20-14-9-7-6-8-13(14)19(11-10-16)15(20)17;;/h6-9,12,17H,4-5,10-11H2,1-3H3;2*1H. The van der Waals surface area contributed by atoms with Crippen molar-refractivity contribution in [2.45, 2.75) is 33.5 Å². The molecule has 2 aromatic rings. The topological polar surface area (TPSA) is 37.0 Å². The number of para-hydroxylation sites is 2. The third-order valence-electron chi connectivity index (χ3n) is 3.94. The third kappa shape index (κ3) is 3.80. The summed E-state index contributed by atoms with van der Waals surface area (Å²) in [6.45, 7) is 9.07. The zero-order valence-electron chi connectivity index (χ0n) is 13.3. The Morgan fingerprint density at radius 1 is 1.14 bits per heavy atom. The van der Waals surface area contributed by atoms with Gasteiger partial charge < -0.3 is 4.57 Å². The summed E-state index contributed by atoms with van der Waals surface area (Å²) in [4.78, 5) is 2.34. The van der Waals surface area contributed by atoms with Gasteiger partial charge in [0.15, 0.2) is 0 Å². The predicted molar refractivity (Wildman–Crippen MR) is 98.6 cm³/mol. The minimum atomic E-state index is 0. The van der Waals surface area contributed by atoms with Crippen molar-refractivity contribution in [2.24, 2.45) is 0 Å². The van der Waals surface area contributed by atoms with Crippen LogP contribution in [-0.2, 0) is 6.54 Å². The number of hydrogen-bond acceptors (Lipinski definition) is 2. The number of fused-ring (bicyclic) bond motifs is 1. The summed E-state index contributed by atoms with van der Waals surface area (Å²) in [5.41, 5.74) is 2.70. The summed E-state index contributed by atoms with van der Waals surface area (Å²) in [7, 11) is 0. The Morgan fingerprint density at radius 3 is 2.18 bits per heavy atom. The van der Waals surface area contributed by atoms with Crippen LogP contribution < -0.4 is 5.62 Å². The summed E-state index contributed by atoms with van der Waals surface area (Å²) in [6.07, 6.45) is 0.166. The van der Waals surface area contributed by atoms with Gasteiger partial charge in [-0.1, -0.05) is 26.0 Å². The van der Waals surface area contributed by atoms with Crippen LogP contribution in [0.3, 0.4) is 0 Å². The molecule has 0 radical (unpaired) electrons. The molecule has 0 saturated heterocycles. The molecule has 0 saturated carbocycles. The zero-order valence-corrected chi connectivity index (χ0v) is 15.6. The Morgan fingerprint density at radius 2 is 1.68 bits per heavy atom. The number of nitrogens with zero attached hydrogens (tertiary/aromatic N) is 3. The second-order valence-corrected chi connectivity index (χ2v) is 5.25. The van der Waals surface area contributed by atoms with Crippen molar-refractivity contribution in [3.8, 4) is 0 Å². The molecule has 1 aromatic heterocycles. The van der Waals surface area contributed by atoms with Crippen LogP contribution in [0, 0.1) is 5.41 Å². The van der Waals surface area contributed by atoms with Crippen LogP contribution in [0.25, 0.3) is 11.0 Å². The molecule has 22 heavy (non-hydrogen) atoms. The van der Waals surface area contributed by atoms with Crippen LogP contribution in [0.2, 0.25) is 0 Å². The van der Waals surface area contributed by atoms with Gasteiger partial charge in [-0.25, -0.2) is 0 Å². The van der Waals surface area contributed by atoms with Gasteiger partial charge in [-0.2, -0.15) is 0 Å². The quantitative estimate of drug-likeness (QED) is 0.773. The molecule has 0 fully saturated rings. The largest absolute Gasteiger partial charge is 0.309 e. The fourth-order valence-corrected chi connectivity index (χ4v) is 3.03. The van der Waals surface area contributed by atoms with Crippen molar-refractivity contribution in [1.29, 1.82) is 5.41 Å². The number of aryl methyl sites for hydroxylation is 1. The molecule has 0 amide bonds. The lowest BCUT2D eigenvalue weighted by Crippen LogP contribution is -2.37.